The van der Waals surface area contributed by atoms with Gasteiger partial charge in [-0.15, -0.1) is 0 Å². The standard InChI is InChI=1S/C28H31NO6/c1-33-24-8-4-6-20(14-24)7-5-13-29(19-22-11-9-21(10-12-22)15-27(30)31)28(32)23-16-25(34-2)18-26(17-23)35-3/h4,6,8-12,14,16-18H,5,7,13,15,19H2,1-3H3,(H,30,31). The first-order chi connectivity index (χ1) is 16.9. The molecular weight excluding hydrogens is 446 g/mol. The van der Waals surface area contributed by atoms with Crippen LogP contribution in [0.4, 0.5) is 0 Å². The molecule has 3 aromatic carbocycles. The molecule has 3 rings (SSSR count). The Kier molecular flexibility index (Phi) is 9.12. The van der Waals surface area contributed by atoms with Crippen molar-refractivity contribution >= 4 is 11.9 Å². The van der Waals surface area contributed by atoms with Crippen LogP contribution in [0.1, 0.15) is 33.5 Å². The van der Waals surface area contributed by atoms with E-state index in [-0.39, 0.29) is 12.3 Å². The van der Waals surface area contributed by atoms with Crippen molar-refractivity contribution < 1.29 is 28.9 Å². The highest BCUT2D eigenvalue weighted by Crippen LogP contribution is 2.24. The maximum atomic E-state index is 13.6. The normalized spacial score (nSPS) is 10.5. The Balaban J connectivity index is 1.80. The number of amides is 1. The monoisotopic (exact) mass is 477 g/mol. The molecule has 3 aromatic rings. The van der Waals surface area contributed by atoms with Crippen LogP contribution < -0.4 is 14.2 Å². The Labute approximate surface area is 205 Å². The van der Waals surface area contributed by atoms with Crippen LogP contribution in [-0.2, 0) is 24.2 Å². The molecule has 7 nitrogen and oxygen atoms in total. The Morgan fingerprint density at radius 2 is 1.40 bits per heavy atom. The number of nitrogens with zero attached hydrogens (tertiary/aromatic N) is 1. The Hall–Kier alpha value is -4.00. The van der Waals surface area contributed by atoms with E-state index in [0.717, 1.165) is 35.3 Å². The fourth-order valence-corrected chi connectivity index (χ4v) is 3.83. The van der Waals surface area contributed by atoms with Crippen LogP contribution in [0.3, 0.4) is 0 Å². The minimum atomic E-state index is -0.876. The number of carbonyl (C=O) groups excluding carboxylic acids is 1. The minimum Gasteiger partial charge on any atom is -0.497 e. The van der Waals surface area contributed by atoms with Gasteiger partial charge in [0.1, 0.15) is 17.2 Å². The molecule has 0 atom stereocenters. The lowest BCUT2D eigenvalue weighted by atomic mass is 10.1. The van der Waals surface area contributed by atoms with Gasteiger partial charge in [0.15, 0.2) is 0 Å². The predicted molar refractivity (Wildman–Crippen MR) is 133 cm³/mol. The summed E-state index contributed by atoms with van der Waals surface area (Å²) in [6, 6.07) is 20.4. The number of methoxy groups -OCH3 is 3. The summed E-state index contributed by atoms with van der Waals surface area (Å²) < 4.78 is 16.0. The van der Waals surface area contributed by atoms with Gasteiger partial charge in [-0.1, -0.05) is 36.4 Å². The minimum absolute atomic E-state index is 0.0347. The first kappa shape index (κ1) is 25.6. The Bertz CT molecular complexity index is 1120. The van der Waals surface area contributed by atoms with Gasteiger partial charge in [0.2, 0.25) is 0 Å². The van der Waals surface area contributed by atoms with Gasteiger partial charge in [0.25, 0.3) is 5.91 Å². The number of carboxylic acids is 1. The van der Waals surface area contributed by atoms with E-state index < -0.39 is 5.97 Å². The van der Waals surface area contributed by atoms with E-state index in [1.807, 2.05) is 36.4 Å². The van der Waals surface area contributed by atoms with E-state index in [2.05, 4.69) is 0 Å². The van der Waals surface area contributed by atoms with Crippen molar-refractivity contribution in [1.82, 2.24) is 4.90 Å². The van der Waals surface area contributed by atoms with Crippen LogP contribution in [0.15, 0.2) is 66.7 Å². The lowest BCUT2D eigenvalue weighted by Crippen LogP contribution is -2.32. The zero-order chi connectivity index (χ0) is 25.2. The van der Waals surface area contributed by atoms with Crippen LogP contribution >= 0.6 is 0 Å². The zero-order valence-electron chi connectivity index (χ0n) is 20.3. The highest BCUT2D eigenvalue weighted by molar-refractivity contribution is 5.95. The topological polar surface area (TPSA) is 85.3 Å². The van der Waals surface area contributed by atoms with E-state index in [4.69, 9.17) is 19.3 Å². The molecule has 0 spiro atoms. The number of rotatable bonds is 12. The highest BCUT2D eigenvalue weighted by Gasteiger charge is 2.18. The average molecular weight is 478 g/mol. The van der Waals surface area contributed by atoms with Crippen LogP contribution in [0, 0.1) is 0 Å². The molecule has 0 aromatic heterocycles. The third kappa shape index (κ3) is 7.50. The lowest BCUT2D eigenvalue weighted by Gasteiger charge is -2.24. The summed E-state index contributed by atoms with van der Waals surface area (Å²) in [4.78, 5) is 26.3. The molecule has 1 N–H and O–H groups in total. The van der Waals surface area contributed by atoms with E-state index >= 15 is 0 Å². The predicted octanol–water partition coefficient (Wildman–Crippen LogP) is 4.61. The molecular formula is C28H31NO6. The zero-order valence-corrected chi connectivity index (χ0v) is 20.3. The molecule has 0 aliphatic heterocycles. The van der Waals surface area contributed by atoms with Crippen molar-refractivity contribution in [3.05, 3.63) is 89.0 Å². The molecule has 35 heavy (non-hydrogen) atoms. The molecule has 0 fully saturated rings. The highest BCUT2D eigenvalue weighted by atomic mass is 16.5. The van der Waals surface area contributed by atoms with Crippen molar-refractivity contribution in [3.8, 4) is 17.2 Å². The number of carboxylic acid groups (broad SMARTS) is 1. The second-order valence-electron chi connectivity index (χ2n) is 8.17. The third-order valence-electron chi connectivity index (χ3n) is 5.66. The summed E-state index contributed by atoms with van der Waals surface area (Å²) in [5.74, 6) is 0.881. The average Bonchev–Trinajstić information content (AvgIpc) is 2.88. The number of aliphatic carboxylic acids is 1. The number of ether oxygens (including phenoxy) is 3. The summed E-state index contributed by atoms with van der Waals surface area (Å²) in [7, 11) is 4.74. The maximum Gasteiger partial charge on any atom is 0.307 e. The van der Waals surface area contributed by atoms with Gasteiger partial charge < -0.3 is 24.2 Å². The van der Waals surface area contributed by atoms with Gasteiger partial charge in [-0.05, 0) is 53.8 Å². The van der Waals surface area contributed by atoms with Crippen LogP contribution in [0.25, 0.3) is 0 Å². The quantitative estimate of drug-likeness (QED) is 0.410. The molecule has 0 radical (unpaired) electrons. The number of carbonyl (C=O) groups is 2. The maximum absolute atomic E-state index is 13.6. The number of hydrogen-bond donors (Lipinski definition) is 1. The van der Waals surface area contributed by atoms with Crippen molar-refractivity contribution in [2.24, 2.45) is 0 Å². The van der Waals surface area contributed by atoms with Gasteiger partial charge in [-0.3, -0.25) is 9.59 Å². The van der Waals surface area contributed by atoms with E-state index in [1.165, 1.54) is 0 Å². The molecule has 0 bridgehead atoms. The van der Waals surface area contributed by atoms with Gasteiger partial charge in [-0.25, -0.2) is 0 Å². The third-order valence-corrected chi connectivity index (χ3v) is 5.66. The second-order valence-corrected chi connectivity index (χ2v) is 8.17. The van der Waals surface area contributed by atoms with Gasteiger partial charge in [0.05, 0.1) is 27.8 Å². The molecule has 0 saturated heterocycles. The fourth-order valence-electron chi connectivity index (χ4n) is 3.83. The number of aryl methyl sites for hydroxylation is 1. The Morgan fingerprint density at radius 1 is 0.771 bits per heavy atom. The van der Waals surface area contributed by atoms with E-state index in [9.17, 15) is 9.59 Å². The van der Waals surface area contributed by atoms with Crippen LogP contribution in [0.2, 0.25) is 0 Å². The van der Waals surface area contributed by atoms with E-state index in [1.54, 1.807) is 56.6 Å². The number of benzene rings is 3. The number of hydrogen-bond acceptors (Lipinski definition) is 5. The largest absolute Gasteiger partial charge is 0.497 e. The molecule has 7 heteroatoms. The van der Waals surface area contributed by atoms with Crippen LogP contribution in [-0.4, -0.2) is 49.8 Å². The molecule has 184 valence electrons. The fraction of sp³-hybridized carbons (Fsp3) is 0.286. The van der Waals surface area contributed by atoms with Crippen molar-refractivity contribution in [3.63, 3.8) is 0 Å². The summed E-state index contributed by atoms with van der Waals surface area (Å²) in [6.45, 7) is 0.927. The molecule has 0 aliphatic rings. The summed E-state index contributed by atoms with van der Waals surface area (Å²) in [5.41, 5.74) is 3.25. The molecule has 0 heterocycles. The van der Waals surface area contributed by atoms with Crippen molar-refractivity contribution in [2.75, 3.05) is 27.9 Å². The molecule has 0 unspecified atom stereocenters. The van der Waals surface area contributed by atoms with Gasteiger partial charge in [-0.2, -0.15) is 0 Å². The Morgan fingerprint density at radius 3 is 2.00 bits per heavy atom. The van der Waals surface area contributed by atoms with Crippen molar-refractivity contribution in [1.29, 1.82) is 0 Å². The molecule has 0 saturated carbocycles. The summed E-state index contributed by atoms with van der Waals surface area (Å²) in [5, 5.41) is 9.01. The smallest absolute Gasteiger partial charge is 0.307 e. The summed E-state index contributed by atoms with van der Waals surface area (Å²) >= 11 is 0. The first-order valence-corrected chi connectivity index (χ1v) is 11.4. The SMILES string of the molecule is COc1cccc(CCCN(Cc2ccc(CC(=O)O)cc2)C(=O)c2cc(OC)cc(OC)c2)c1. The van der Waals surface area contributed by atoms with E-state index in [0.29, 0.717) is 30.2 Å². The molecule has 1 amide bonds. The van der Waals surface area contributed by atoms with Gasteiger partial charge >= 0.3 is 5.97 Å². The first-order valence-electron chi connectivity index (χ1n) is 11.4. The van der Waals surface area contributed by atoms with Crippen molar-refractivity contribution in [2.45, 2.75) is 25.8 Å². The second kappa shape index (κ2) is 12.5. The lowest BCUT2D eigenvalue weighted by molar-refractivity contribution is -0.136. The van der Waals surface area contributed by atoms with Crippen LogP contribution in [0.5, 0.6) is 17.2 Å². The summed E-state index contributed by atoms with van der Waals surface area (Å²) in [6.07, 6.45) is 1.52. The molecule has 0 aliphatic carbocycles. The van der Waals surface area contributed by atoms with Gasteiger partial charge in [0, 0.05) is 24.7 Å².